The lowest BCUT2D eigenvalue weighted by Crippen LogP contribution is -2.21. The monoisotopic (exact) mass is 355 g/mol. The standard InChI is InChI=1S/C18H14FN3O2S/c1-10-14(11(2)24-21-10)7-22-9-20-17-16(18(22)23)15(8-25-17)12-3-5-13(19)6-4-12/h3-6,8-9H,7H2,1-2H3. The summed E-state index contributed by atoms with van der Waals surface area (Å²) in [5, 5.41) is 6.35. The summed E-state index contributed by atoms with van der Waals surface area (Å²) in [6.07, 6.45) is 1.54. The number of hydrogen-bond donors (Lipinski definition) is 0. The van der Waals surface area contributed by atoms with Crippen LogP contribution in [0.5, 0.6) is 0 Å². The molecule has 3 aromatic heterocycles. The van der Waals surface area contributed by atoms with Crippen molar-refractivity contribution in [1.29, 1.82) is 0 Å². The molecular formula is C18H14FN3O2S. The lowest BCUT2D eigenvalue weighted by molar-refractivity contribution is 0.392. The van der Waals surface area contributed by atoms with Gasteiger partial charge in [-0.2, -0.15) is 0 Å². The van der Waals surface area contributed by atoms with Crippen LogP contribution in [0, 0.1) is 19.7 Å². The predicted octanol–water partition coefficient (Wildman–Crippen LogP) is 3.92. The summed E-state index contributed by atoms with van der Waals surface area (Å²) in [6.45, 7) is 4.01. The molecule has 0 atom stereocenters. The van der Waals surface area contributed by atoms with Gasteiger partial charge in [0.25, 0.3) is 5.56 Å². The van der Waals surface area contributed by atoms with Crippen LogP contribution in [-0.2, 0) is 6.54 Å². The van der Waals surface area contributed by atoms with Gasteiger partial charge < -0.3 is 4.52 Å². The first-order chi connectivity index (χ1) is 12.0. The number of aryl methyl sites for hydroxylation is 2. The highest BCUT2D eigenvalue weighted by Crippen LogP contribution is 2.30. The van der Waals surface area contributed by atoms with Crippen molar-refractivity contribution in [2.75, 3.05) is 0 Å². The number of thiophene rings is 1. The van der Waals surface area contributed by atoms with E-state index in [0.717, 1.165) is 22.4 Å². The topological polar surface area (TPSA) is 60.9 Å². The summed E-state index contributed by atoms with van der Waals surface area (Å²) in [6, 6.07) is 6.11. The largest absolute Gasteiger partial charge is 0.361 e. The fraction of sp³-hybridized carbons (Fsp3) is 0.167. The van der Waals surface area contributed by atoms with Crippen molar-refractivity contribution < 1.29 is 8.91 Å². The zero-order valence-electron chi connectivity index (χ0n) is 13.6. The molecule has 4 aromatic rings. The molecule has 5 nitrogen and oxygen atoms in total. The number of hydrogen-bond acceptors (Lipinski definition) is 5. The van der Waals surface area contributed by atoms with E-state index in [1.807, 2.05) is 19.2 Å². The van der Waals surface area contributed by atoms with E-state index in [0.29, 0.717) is 22.5 Å². The molecule has 0 aliphatic rings. The van der Waals surface area contributed by atoms with Crippen molar-refractivity contribution in [3.05, 3.63) is 69.2 Å². The van der Waals surface area contributed by atoms with Crippen LogP contribution in [0.3, 0.4) is 0 Å². The molecule has 0 aliphatic carbocycles. The molecule has 0 N–H and O–H groups in total. The molecule has 1 aromatic carbocycles. The molecule has 126 valence electrons. The van der Waals surface area contributed by atoms with Gasteiger partial charge in [0.2, 0.25) is 0 Å². The second-order valence-corrected chi connectivity index (χ2v) is 6.67. The maximum atomic E-state index is 13.2. The van der Waals surface area contributed by atoms with Crippen LogP contribution in [-0.4, -0.2) is 14.7 Å². The van der Waals surface area contributed by atoms with E-state index >= 15 is 0 Å². The highest BCUT2D eigenvalue weighted by atomic mass is 32.1. The Labute approximate surface area is 146 Å². The van der Waals surface area contributed by atoms with Crippen LogP contribution in [0.25, 0.3) is 21.3 Å². The van der Waals surface area contributed by atoms with Gasteiger partial charge in [0.1, 0.15) is 16.4 Å². The normalized spacial score (nSPS) is 11.3. The van der Waals surface area contributed by atoms with Gasteiger partial charge >= 0.3 is 0 Å². The molecule has 4 rings (SSSR count). The number of aromatic nitrogens is 3. The van der Waals surface area contributed by atoms with Gasteiger partial charge in [-0.05, 0) is 31.5 Å². The second-order valence-electron chi connectivity index (χ2n) is 5.82. The fourth-order valence-corrected chi connectivity index (χ4v) is 3.73. The summed E-state index contributed by atoms with van der Waals surface area (Å²) < 4.78 is 19.9. The zero-order valence-corrected chi connectivity index (χ0v) is 14.4. The summed E-state index contributed by atoms with van der Waals surface area (Å²) in [7, 11) is 0. The average molecular weight is 355 g/mol. The van der Waals surface area contributed by atoms with Crippen molar-refractivity contribution in [2.45, 2.75) is 20.4 Å². The summed E-state index contributed by atoms with van der Waals surface area (Å²) in [5.74, 6) is 0.380. The van der Waals surface area contributed by atoms with Crippen LogP contribution in [0.15, 0.2) is 45.3 Å². The maximum Gasteiger partial charge on any atom is 0.263 e. The number of fused-ring (bicyclic) bond motifs is 1. The van der Waals surface area contributed by atoms with E-state index in [-0.39, 0.29) is 11.4 Å². The molecule has 0 unspecified atom stereocenters. The Morgan fingerprint density at radius 2 is 2.00 bits per heavy atom. The molecule has 0 fully saturated rings. The molecule has 0 aliphatic heterocycles. The van der Waals surface area contributed by atoms with E-state index in [9.17, 15) is 9.18 Å². The van der Waals surface area contributed by atoms with Gasteiger partial charge in [-0.1, -0.05) is 17.3 Å². The first kappa shape index (κ1) is 15.7. The fourth-order valence-electron chi connectivity index (χ4n) is 2.82. The number of rotatable bonds is 3. The highest BCUT2D eigenvalue weighted by molar-refractivity contribution is 7.17. The quantitative estimate of drug-likeness (QED) is 0.559. The van der Waals surface area contributed by atoms with E-state index < -0.39 is 0 Å². The third-order valence-electron chi connectivity index (χ3n) is 4.23. The minimum atomic E-state index is -0.308. The number of halogens is 1. The Morgan fingerprint density at radius 1 is 1.24 bits per heavy atom. The Bertz CT molecular complexity index is 1110. The summed E-state index contributed by atoms with van der Waals surface area (Å²) in [5.41, 5.74) is 3.06. The summed E-state index contributed by atoms with van der Waals surface area (Å²) in [4.78, 5) is 18.1. The lowest BCUT2D eigenvalue weighted by atomic mass is 10.1. The van der Waals surface area contributed by atoms with E-state index in [4.69, 9.17) is 4.52 Å². The van der Waals surface area contributed by atoms with Crippen molar-refractivity contribution in [3.8, 4) is 11.1 Å². The zero-order chi connectivity index (χ0) is 17.6. The minimum Gasteiger partial charge on any atom is -0.361 e. The van der Waals surface area contributed by atoms with Gasteiger partial charge in [0, 0.05) is 16.5 Å². The first-order valence-electron chi connectivity index (χ1n) is 7.69. The third kappa shape index (κ3) is 2.66. The first-order valence-corrected chi connectivity index (χ1v) is 8.57. The molecule has 7 heteroatoms. The Hall–Kier alpha value is -2.80. The molecular weight excluding hydrogens is 341 g/mol. The molecule has 0 amide bonds. The van der Waals surface area contributed by atoms with Crippen molar-refractivity contribution in [2.24, 2.45) is 0 Å². The van der Waals surface area contributed by atoms with E-state index in [1.54, 1.807) is 23.0 Å². The third-order valence-corrected chi connectivity index (χ3v) is 5.11. The Morgan fingerprint density at radius 3 is 2.68 bits per heavy atom. The molecule has 0 bridgehead atoms. The van der Waals surface area contributed by atoms with Gasteiger partial charge in [-0.15, -0.1) is 11.3 Å². The Kier molecular flexibility index (Phi) is 3.73. The van der Waals surface area contributed by atoms with Gasteiger partial charge in [-0.25, -0.2) is 9.37 Å². The van der Waals surface area contributed by atoms with Crippen LogP contribution in [0.4, 0.5) is 4.39 Å². The molecule has 0 spiro atoms. The van der Waals surface area contributed by atoms with E-state index in [1.165, 1.54) is 23.5 Å². The second kappa shape index (κ2) is 5.93. The van der Waals surface area contributed by atoms with Crippen LogP contribution in [0.2, 0.25) is 0 Å². The van der Waals surface area contributed by atoms with Crippen LogP contribution >= 0.6 is 11.3 Å². The summed E-state index contributed by atoms with van der Waals surface area (Å²) >= 11 is 1.40. The lowest BCUT2D eigenvalue weighted by Gasteiger charge is -2.06. The van der Waals surface area contributed by atoms with Gasteiger partial charge in [-0.3, -0.25) is 9.36 Å². The minimum absolute atomic E-state index is 0.134. The SMILES string of the molecule is Cc1noc(C)c1Cn1cnc2scc(-c3ccc(F)cc3)c2c1=O. The van der Waals surface area contributed by atoms with Gasteiger partial charge in [0.05, 0.1) is 24.0 Å². The van der Waals surface area contributed by atoms with Crippen molar-refractivity contribution in [3.63, 3.8) is 0 Å². The molecule has 0 radical (unpaired) electrons. The number of benzene rings is 1. The highest BCUT2D eigenvalue weighted by Gasteiger charge is 2.16. The number of nitrogens with zero attached hydrogens (tertiary/aromatic N) is 3. The van der Waals surface area contributed by atoms with Gasteiger partial charge in [0.15, 0.2) is 0 Å². The molecule has 3 heterocycles. The smallest absolute Gasteiger partial charge is 0.263 e. The van der Waals surface area contributed by atoms with Crippen molar-refractivity contribution in [1.82, 2.24) is 14.7 Å². The molecule has 0 saturated heterocycles. The maximum absolute atomic E-state index is 13.2. The van der Waals surface area contributed by atoms with Crippen LogP contribution in [0.1, 0.15) is 17.0 Å². The molecule has 0 saturated carbocycles. The molecule has 25 heavy (non-hydrogen) atoms. The predicted molar refractivity (Wildman–Crippen MR) is 94.4 cm³/mol. The van der Waals surface area contributed by atoms with Crippen LogP contribution < -0.4 is 5.56 Å². The average Bonchev–Trinajstić information content (AvgIpc) is 3.17. The van der Waals surface area contributed by atoms with E-state index in [2.05, 4.69) is 10.1 Å². The van der Waals surface area contributed by atoms with Crippen molar-refractivity contribution >= 4 is 21.6 Å². The Balaban J connectivity index is 1.86.